The van der Waals surface area contributed by atoms with Crippen LogP contribution in [0, 0.1) is 6.92 Å². The molecule has 0 saturated heterocycles. The highest BCUT2D eigenvalue weighted by molar-refractivity contribution is 7.83. The molecule has 0 amide bonds. The number of Topliss-reactive ketones (excluding diaryl/α,β-unsaturated/α-hetero) is 1. The molecule has 0 fully saturated rings. The van der Waals surface area contributed by atoms with Gasteiger partial charge in [-0.25, -0.2) is 8.93 Å². The van der Waals surface area contributed by atoms with Gasteiger partial charge in [-0.2, -0.15) is 0 Å². The number of benzene rings is 1. The van der Waals surface area contributed by atoms with Crippen molar-refractivity contribution < 1.29 is 13.4 Å². The van der Waals surface area contributed by atoms with Crippen LogP contribution in [0.4, 0.5) is 0 Å². The van der Waals surface area contributed by atoms with E-state index in [4.69, 9.17) is 4.42 Å². The molecule has 1 heterocycles. The highest BCUT2D eigenvalue weighted by Crippen LogP contribution is 2.20. The van der Waals surface area contributed by atoms with Gasteiger partial charge in [-0.05, 0) is 25.1 Å². The predicted octanol–water partition coefficient (Wildman–Crippen LogP) is 3.31. The summed E-state index contributed by atoms with van der Waals surface area (Å²) in [7, 11) is -1.37. The summed E-state index contributed by atoms with van der Waals surface area (Å²) in [6, 6.07) is 8.96. The highest BCUT2D eigenvalue weighted by atomic mass is 32.2. The molecule has 0 bridgehead atoms. The molecule has 0 spiro atoms. The number of nitrogens with one attached hydrogen (secondary N) is 1. The van der Waals surface area contributed by atoms with E-state index < -0.39 is 11.0 Å². The number of aryl methyl sites for hydroxylation is 1. The maximum absolute atomic E-state index is 12.4. The van der Waals surface area contributed by atoms with Gasteiger partial charge in [-0.1, -0.05) is 24.6 Å². The molecule has 0 aliphatic rings. The number of rotatable bonds is 7. The van der Waals surface area contributed by atoms with Gasteiger partial charge in [0.2, 0.25) is 0 Å². The zero-order valence-corrected chi connectivity index (χ0v) is 13.0. The van der Waals surface area contributed by atoms with Gasteiger partial charge in [0.1, 0.15) is 16.8 Å². The van der Waals surface area contributed by atoms with Gasteiger partial charge in [0.15, 0.2) is 0 Å². The van der Waals surface area contributed by atoms with Crippen LogP contribution >= 0.6 is 0 Å². The van der Waals surface area contributed by atoms with Crippen molar-refractivity contribution in [2.75, 3.05) is 0 Å². The van der Waals surface area contributed by atoms with Crippen molar-refractivity contribution in [3.8, 4) is 0 Å². The number of hydrogen-bond acceptors (Lipinski definition) is 3. The van der Waals surface area contributed by atoms with Crippen LogP contribution in [0.15, 0.2) is 52.2 Å². The summed E-state index contributed by atoms with van der Waals surface area (Å²) in [4.78, 5) is 12.4. The summed E-state index contributed by atoms with van der Waals surface area (Å²) in [5, 5.41) is 0. The van der Waals surface area contributed by atoms with E-state index in [0.717, 1.165) is 11.1 Å². The summed E-state index contributed by atoms with van der Waals surface area (Å²) in [5.74, 6) is 0.120. The van der Waals surface area contributed by atoms with E-state index in [0.29, 0.717) is 17.7 Å². The van der Waals surface area contributed by atoms with Crippen LogP contribution in [0.5, 0.6) is 0 Å². The van der Waals surface area contributed by atoms with Gasteiger partial charge in [0.05, 0.1) is 23.5 Å². The minimum absolute atomic E-state index is 0.120. The Hall–Kier alpha value is -1.72. The molecular formula is C16H19NO3S. The van der Waals surface area contributed by atoms with E-state index in [1.807, 2.05) is 38.1 Å². The molecule has 2 atom stereocenters. The third-order valence-electron chi connectivity index (χ3n) is 3.26. The second kappa shape index (κ2) is 7.33. The third kappa shape index (κ3) is 4.37. The predicted molar refractivity (Wildman–Crippen MR) is 82.1 cm³/mol. The standard InChI is InChI=1S/C16H19NO3S/c1-3-14(18)10-16(13-8-9-20-11-13)17-21(19)15-6-4-12(2)5-7-15/h4-9,11,16-17H,3,10H2,1-2H3/t16-,21?/m0/s1. The fraction of sp³-hybridized carbons (Fsp3) is 0.312. The van der Waals surface area contributed by atoms with Crippen molar-refractivity contribution in [1.29, 1.82) is 0 Å². The summed E-state index contributed by atoms with van der Waals surface area (Å²) >= 11 is 0. The molecule has 1 aromatic carbocycles. The lowest BCUT2D eigenvalue weighted by Gasteiger charge is -2.16. The maximum Gasteiger partial charge on any atom is 0.134 e. The Labute approximate surface area is 127 Å². The fourth-order valence-electron chi connectivity index (χ4n) is 1.93. The second-order valence-corrected chi connectivity index (χ2v) is 6.15. The Morgan fingerprint density at radius 2 is 2.00 bits per heavy atom. The van der Waals surface area contributed by atoms with Gasteiger partial charge in [-0.3, -0.25) is 4.79 Å². The van der Waals surface area contributed by atoms with Crippen molar-refractivity contribution in [2.45, 2.75) is 37.6 Å². The lowest BCUT2D eigenvalue weighted by atomic mass is 10.0. The number of hydrogen-bond donors (Lipinski definition) is 1. The van der Waals surface area contributed by atoms with Crippen molar-refractivity contribution in [3.05, 3.63) is 54.0 Å². The Bertz CT molecular complexity index is 605. The topological polar surface area (TPSA) is 59.3 Å². The summed E-state index contributed by atoms with van der Waals surface area (Å²) in [6.45, 7) is 3.81. The van der Waals surface area contributed by atoms with Crippen LogP contribution in [0.25, 0.3) is 0 Å². The molecule has 0 saturated carbocycles. The second-order valence-electron chi connectivity index (χ2n) is 4.91. The van der Waals surface area contributed by atoms with E-state index in [1.165, 1.54) is 0 Å². The average Bonchev–Trinajstić information content (AvgIpc) is 3.01. The maximum atomic E-state index is 12.4. The summed E-state index contributed by atoms with van der Waals surface area (Å²) in [5.41, 5.74) is 1.94. The number of carbonyl (C=O) groups excluding carboxylic acids is 1. The van der Waals surface area contributed by atoms with Crippen molar-refractivity contribution in [3.63, 3.8) is 0 Å². The van der Waals surface area contributed by atoms with E-state index in [1.54, 1.807) is 18.6 Å². The lowest BCUT2D eigenvalue weighted by Crippen LogP contribution is -2.25. The Balaban J connectivity index is 2.12. The van der Waals surface area contributed by atoms with E-state index >= 15 is 0 Å². The highest BCUT2D eigenvalue weighted by Gasteiger charge is 2.19. The monoisotopic (exact) mass is 305 g/mol. The Morgan fingerprint density at radius 3 is 2.57 bits per heavy atom. The molecular weight excluding hydrogens is 286 g/mol. The zero-order chi connectivity index (χ0) is 15.2. The summed E-state index contributed by atoms with van der Waals surface area (Å²) < 4.78 is 20.5. The van der Waals surface area contributed by atoms with Crippen LogP contribution in [0.2, 0.25) is 0 Å². The number of furan rings is 1. The largest absolute Gasteiger partial charge is 0.472 e. The molecule has 1 unspecified atom stereocenters. The molecule has 2 aromatic rings. The molecule has 0 aliphatic heterocycles. The van der Waals surface area contributed by atoms with Gasteiger partial charge in [0.25, 0.3) is 0 Å². The van der Waals surface area contributed by atoms with Crippen LogP contribution in [0.1, 0.15) is 36.9 Å². The average molecular weight is 305 g/mol. The molecule has 0 radical (unpaired) electrons. The van der Waals surface area contributed by atoms with E-state index in [-0.39, 0.29) is 11.8 Å². The number of ketones is 1. The van der Waals surface area contributed by atoms with Crippen molar-refractivity contribution >= 4 is 16.8 Å². The van der Waals surface area contributed by atoms with Gasteiger partial charge in [0, 0.05) is 18.4 Å². The SMILES string of the molecule is CCC(=O)C[C@H](NS(=O)c1ccc(C)cc1)c1ccoc1. The molecule has 2 rings (SSSR count). The minimum Gasteiger partial charge on any atom is -0.472 e. The molecule has 1 N–H and O–H groups in total. The Morgan fingerprint density at radius 1 is 1.29 bits per heavy atom. The molecule has 112 valence electrons. The van der Waals surface area contributed by atoms with Crippen LogP contribution < -0.4 is 4.72 Å². The molecule has 21 heavy (non-hydrogen) atoms. The molecule has 0 aliphatic carbocycles. The molecule has 4 nitrogen and oxygen atoms in total. The van der Waals surface area contributed by atoms with Gasteiger partial charge < -0.3 is 4.42 Å². The van der Waals surface area contributed by atoms with Crippen molar-refractivity contribution in [2.24, 2.45) is 0 Å². The van der Waals surface area contributed by atoms with E-state index in [2.05, 4.69) is 4.72 Å². The number of carbonyl (C=O) groups is 1. The van der Waals surface area contributed by atoms with Gasteiger partial charge in [-0.15, -0.1) is 0 Å². The van der Waals surface area contributed by atoms with Crippen LogP contribution in [-0.2, 0) is 15.8 Å². The molecule has 5 heteroatoms. The smallest absolute Gasteiger partial charge is 0.134 e. The van der Waals surface area contributed by atoms with Crippen molar-refractivity contribution in [1.82, 2.24) is 4.72 Å². The quantitative estimate of drug-likeness (QED) is 0.853. The first-order chi connectivity index (χ1) is 10.1. The summed E-state index contributed by atoms with van der Waals surface area (Å²) in [6.07, 6.45) is 3.89. The first-order valence-corrected chi connectivity index (χ1v) is 8.03. The first kappa shape index (κ1) is 15.7. The first-order valence-electron chi connectivity index (χ1n) is 6.88. The van der Waals surface area contributed by atoms with Gasteiger partial charge >= 0.3 is 0 Å². The van der Waals surface area contributed by atoms with Crippen LogP contribution in [0.3, 0.4) is 0 Å². The normalized spacial score (nSPS) is 13.8. The molecule has 1 aromatic heterocycles. The fourth-order valence-corrected chi connectivity index (χ4v) is 2.93. The van der Waals surface area contributed by atoms with E-state index in [9.17, 15) is 9.00 Å². The zero-order valence-electron chi connectivity index (χ0n) is 12.2. The Kier molecular flexibility index (Phi) is 5.47. The van der Waals surface area contributed by atoms with Crippen LogP contribution in [-0.4, -0.2) is 9.99 Å². The lowest BCUT2D eigenvalue weighted by molar-refractivity contribution is -0.119. The third-order valence-corrected chi connectivity index (χ3v) is 4.45. The minimum atomic E-state index is -1.37.